The summed E-state index contributed by atoms with van der Waals surface area (Å²) < 4.78 is 2.59. The number of tetrazole rings is 1. The molecule has 1 amide bonds. The minimum atomic E-state index is -0.0416. The first-order valence-electron chi connectivity index (χ1n) is 8.91. The number of rotatable bonds is 4. The van der Waals surface area contributed by atoms with E-state index in [9.17, 15) is 4.79 Å². The number of carbonyl (C=O) groups is 1. The van der Waals surface area contributed by atoms with Crippen LogP contribution in [0.2, 0.25) is 5.02 Å². The van der Waals surface area contributed by atoms with Crippen LogP contribution in [0.25, 0.3) is 5.69 Å². The summed E-state index contributed by atoms with van der Waals surface area (Å²) in [4.78, 5) is 16.9. The van der Waals surface area contributed by atoms with Crippen LogP contribution in [0.4, 0.5) is 0 Å². The van der Waals surface area contributed by atoms with Gasteiger partial charge in [0.05, 0.1) is 22.8 Å². The lowest BCUT2D eigenvalue weighted by Crippen LogP contribution is -2.48. The van der Waals surface area contributed by atoms with E-state index in [4.69, 9.17) is 11.6 Å². The van der Waals surface area contributed by atoms with Crippen LogP contribution in [-0.4, -0.2) is 62.1 Å². The maximum absolute atomic E-state index is 12.8. The van der Waals surface area contributed by atoms with E-state index in [1.165, 1.54) is 0 Å². The van der Waals surface area contributed by atoms with Gasteiger partial charge in [0.25, 0.3) is 5.91 Å². The second-order valence-electron chi connectivity index (χ2n) is 6.53. The normalized spacial score (nSPS) is 15.0. The molecule has 1 saturated heterocycles. The number of halogens is 2. The lowest BCUT2D eigenvalue weighted by atomic mass is 10.2. The van der Waals surface area contributed by atoms with Crippen LogP contribution in [0.1, 0.15) is 16.2 Å². The molecular weight excluding hydrogens is 444 g/mol. The minimum absolute atomic E-state index is 0.0416. The number of nitrogens with zero attached hydrogens (tertiary/aromatic N) is 6. The fourth-order valence-corrected chi connectivity index (χ4v) is 3.77. The highest BCUT2D eigenvalue weighted by Gasteiger charge is 2.25. The molecule has 1 aromatic heterocycles. The molecule has 0 bridgehead atoms. The highest BCUT2D eigenvalue weighted by atomic mass is 79.9. The van der Waals surface area contributed by atoms with E-state index in [2.05, 4.69) is 36.4 Å². The van der Waals surface area contributed by atoms with Crippen molar-refractivity contribution < 1.29 is 4.79 Å². The van der Waals surface area contributed by atoms with Gasteiger partial charge in [-0.15, -0.1) is 5.10 Å². The number of amides is 1. The van der Waals surface area contributed by atoms with E-state index < -0.39 is 0 Å². The summed E-state index contributed by atoms with van der Waals surface area (Å²) in [6, 6.07) is 15.1. The highest BCUT2D eigenvalue weighted by Crippen LogP contribution is 2.23. The summed E-state index contributed by atoms with van der Waals surface area (Å²) in [5, 5.41) is 12.6. The van der Waals surface area contributed by atoms with Crippen LogP contribution in [0.15, 0.2) is 53.0 Å². The van der Waals surface area contributed by atoms with Gasteiger partial charge in [0.2, 0.25) is 0 Å². The van der Waals surface area contributed by atoms with Gasteiger partial charge >= 0.3 is 0 Å². The standard InChI is InChI=1S/C19H18BrClN6O/c20-14-6-7-17(21)16(12-14)19(28)26-10-8-25(9-11-26)13-18-22-23-24-27(18)15-4-2-1-3-5-15/h1-7,12H,8-11,13H2. The Balaban J connectivity index is 1.40. The first-order valence-corrected chi connectivity index (χ1v) is 10.1. The molecular formula is C19H18BrClN6O. The first-order chi connectivity index (χ1) is 13.6. The topological polar surface area (TPSA) is 67.2 Å². The zero-order chi connectivity index (χ0) is 19.5. The molecule has 9 heteroatoms. The van der Waals surface area contributed by atoms with Crippen LogP contribution in [0.5, 0.6) is 0 Å². The quantitative estimate of drug-likeness (QED) is 0.597. The summed E-state index contributed by atoms with van der Waals surface area (Å²) in [7, 11) is 0. The Hall–Kier alpha value is -2.29. The molecule has 1 aliphatic rings. The predicted octanol–water partition coefficient (Wildman–Crippen LogP) is 3.04. The third kappa shape index (κ3) is 4.09. The number of hydrogen-bond donors (Lipinski definition) is 0. The molecule has 1 aliphatic heterocycles. The van der Waals surface area contributed by atoms with Crippen molar-refractivity contribution in [3.8, 4) is 5.69 Å². The number of para-hydroxylation sites is 1. The second kappa shape index (κ2) is 8.38. The summed E-state index contributed by atoms with van der Waals surface area (Å²) >= 11 is 9.60. The highest BCUT2D eigenvalue weighted by molar-refractivity contribution is 9.10. The molecule has 0 unspecified atom stereocenters. The van der Waals surface area contributed by atoms with E-state index in [1.807, 2.05) is 41.3 Å². The van der Waals surface area contributed by atoms with Crippen LogP contribution in [0.3, 0.4) is 0 Å². The molecule has 28 heavy (non-hydrogen) atoms. The zero-order valence-corrected chi connectivity index (χ0v) is 17.3. The van der Waals surface area contributed by atoms with E-state index in [1.54, 1.807) is 16.8 Å². The Kier molecular flexibility index (Phi) is 5.70. The van der Waals surface area contributed by atoms with Crippen LogP contribution in [0, 0.1) is 0 Å². The Morgan fingerprint density at radius 1 is 1.07 bits per heavy atom. The molecule has 1 fully saturated rings. The van der Waals surface area contributed by atoms with Gasteiger partial charge in [-0.3, -0.25) is 9.69 Å². The van der Waals surface area contributed by atoms with Gasteiger partial charge in [-0.2, -0.15) is 4.68 Å². The summed E-state index contributed by atoms with van der Waals surface area (Å²) in [5.74, 6) is 0.737. The van der Waals surface area contributed by atoms with E-state index in [0.29, 0.717) is 30.2 Å². The van der Waals surface area contributed by atoms with Crippen molar-refractivity contribution in [1.82, 2.24) is 30.0 Å². The molecule has 4 rings (SSSR count). The Labute approximate surface area is 176 Å². The SMILES string of the molecule is O=C(c1cc(Br)ccc1Cl)N1CCN(Cc2nnnn2-c2ccccc2)CC1. The molecule has 0 spiro atoms. The summed E-state index contributed by atoms with van der Waals surface area (Å²) in [6.45, 7) is 3.39. The fraction of sp³-hybridized carbons (Fsp3) is 0.263. The molecule has 0 atom stereocenters. The monoisotopic (exact) mass is 460 g/mol. The number of aromatic nitrogens is 4. The van der Waals surface area contributed by atoms with Gasteiger partial charge in [-0.1, -0.05) is 45.7 Å². The molecule has 0 saturated carbocycles. The maximum Gasteiger partial charge on any atom is 0.255 e. The molecule has 0 radical (unpaired) electrons. The zero-order valence-electron chi connectivity index (χ0n) is 15.0. The third-order valence-electron chi connectivity index (χ3n) is 4.72. The van der Waals surface area contributed by atoms with Crippen molar-refractivity contribution in [1.29, 1.82) is 0 Å². The van der Waals surface area contributed by atoms with Crippen LogP contribution in [-0.2, 0) is 6.54 Å². The number of benzene rings is 2. The average Bonchev–Trinajstić information content (AvgIpc) is 3.18. The van der Waals surface area contributed by atoms with Crippen LogP contribution >= 0.6 is 27.5 Å². The Bertz CT molecular complexity index is 972. The van der Waals surface area contributed by atoms with Gasteiger partial charge < -0.3 is 4.90 Å². The Morgan fingerprint density at radius 2 is 1.82 bits per heavy atom. The molecule has 144 valence electrons. The number of carbonyl (C=O) groups excluding carboxylic acids is 1. The molecule has 3 aromatic rings. The van der Waals surface area contributed by atoms with Crippen molar-refractivity contribution in [3.05, 3.63) is 69.4 Å². The fourth-order valence-electron chi connectivity index (χ4n) is 3.21. The average molecular weight is 462 g/mol. The minimum Gasteiger partial charge on any atom is -0.336 e. The van der Waals surface area contributed by atoms with Gasteiger partial charge in [-0.25, -0.2) is 0 Å². The smallest absolute Gasteiger partial charge is 0.255 e. The predicted molar refractivity (Wildman–Crippen MR) is 109 cm³/mol. The first kappa shape index (κ1) is 19.0. The van der Waals surface area contributed by atoms with Crippen molar-refractivity contribution in [2.75, 3.05) is 26.2 Å². The van der Waals surface area contributed by atoms with Gasteiger partial charge in [-0.05, 0) is 40.8 Å². The maximum atomic E-state index is 12.8. The molecule has 2 heterocycles. The van der Waals surface area contributed by atoms with E-state index in [-0.39, 0.29) is 5.91 Å². The van der Waals surface area contributed by atoms with Crippen molar-refractivity contribution in [2.24, 2.45) is 0 Å². The van der Waals surface area contributed by atoms with E-state index in [0.717, 1.165) is 29.1 Å². The molecule has 7 nitrogen and oxygen atoms in total. The lowest BCUT2D eigenvalue weighted by molar-refractivity contribution is 0.0624. The lowest BCUT2D eigenvalue weighted by Gasteiger charge is -2.34. The van der Waals surface area contributed by atoms with Crippen molar-refractivity contribution >= 4 is 33.4 Å². The second-order valence-corrected chi connectivity index (χ2v) is 7.86. The summed E-state index contributed by atoms with van der Waals surface area (Å²) in [6.07, 6.45) is 0. The van der Waals surface area contributed by atoms with Gasteiger partial charge in [0.15, 0.2) is 5.82 Å². The van der Waals surface area contributed by atoms with Crippen molar-refractivity contribution in [3.63, 3.8) is 0 Å². The largest absolute Gasteiger partial charge is 0.336 e. The van der Waals surface area contributed by atoms with E-state index >= 15 is 0 Å². The third-order valence-corrected chi connectivity index (χ3v) is 5.54. The molecule has 0 aliphatic carbocycles. The Morgan fingerprint density at radius 3 is 2.57 bits per heavy atom. The number of piperazine rings is 1. The molecule has 0 N–H and O–H groups in total. The van der Waals surface area contributed by atoms with Gasteiger partial charge in [0.1, 0.15) is 0 Å². The summed E-state index contributed by atoms with van der Waals surface area (Å²) in [5.41, 5.74) is 1.46. The van der Waals surface area contributed by atoms with Gasteiger partial charge in [0, 0.05) is 30.7 Å². The van der Waals surface area contributed by atoms with Crippen molar-refractivity contribution in [2.45, 2.75) is 6.54 Å². The number of hydrogen-bond acceptors (Lipinski definition) is 5. The molecule has 2 aromatic carbocycles. The van der Waals surface area contributed by atoms with Crippen LogP contribution < -0.4 is 0 Å².